The summed E-state index contributed by atoms with van der Waals surface area (Å²) >= 11 is 6.08. The Kier molecular flexibility index (Phi) is 3.40. The monoisotopic (exact) mass is 294 g/mol. The maximum atomic E-state index is 12.0. The molecule has 2 aliphatic rings. The van der Waals surface area contributed by atoms with Gasteiger partial charge in [0.05, 0.1) is 19.2 Å². The fourth-order valence-corrected chi connectivity index (χ4v) is 2.92. The van der Waals surface area contributed by atoms with Crippen molar-refractivity contribution in [3.63, 3.8) is 0 Å². The Morgan fingerprint density at radius 3 is 2.95 bits per heavy atom. The first-order chi connectivity index (χ1) is 9.56. The molecule has 0 aliphatic carbocycles. The highest BCUT2D eigenvalue weighted by atomic mass is 35.5. The van der Waals surface area contributed by atoms with Crippen LogP contribution in [0.3, 0.4) is 0 Å². The predicted molar refractivity (Wildman–Crippen MR) is 73.4 cm³/mol. The lowest BCUT2D eigenvalue weighted by Crippen LogP contribution is -2.50. The molecule has 1 atom stereocenters. The Morgan fingerprint density at radius 2 is 2.15 bits per heavy atom. The summed E-state index contributed by atoms with van der Waals surface area (Å²) in [5.41, 5.74) is 7.51. The van der Waals surface area contributed by atoms with Gasteiger partial charge in [0.25, 0.3) is 0 Å². The van der Waals surface area contributed by atoms with E-state index in [1.807, 2.05) is 6.07 Å². The molecule has 1 fully saturated rings. The minimum atomic E-state index is -0.596. The van der Waals surface area contributed by atoms with E-state index in [4.69, 9.17) is 22.1 Å². The van der Waals surface area contributed by atoms with Crippen molar-refractivity contribution in [1.82, 2.24) is 4.90 Å². The minimum Gasteiger partial charge on any atom is -0.493 e. The van der Waals surface area contributed by atoms with Crippen molar-refractivity contribution in [3.8, 4) is 5.75 Å². The number of rotatable bonds is 2. The van der Waals surface area contributed by atoms with Crippen LogP contribution in [-0.4, -0.2) is 29.4 Å². The van der Waals surface area contributed by atoms with Gasteiger partial charge in [-0.2, -0.15) is 0 Å². The van der Waals surface area contributed by atoms with Crippen LogP contribution in [0.4, 0.5) is 0 Å². The van der Waals surface area contributed by atoms with Gasteiger partial charge in [0.1, 0.15) is 5.75 Å². The zero-order chi connectivity index (χ0) is 14.3. The second-order valence-corrected chi connectivity index (χ2v) is 5.55. The number of hydrogen-bond donors (Lipinski definition) is 1. The van der Waals surface area contributed by atoms with Crippen LogP contribution < -0.4 is 10.5 Å². The molecule has 1 aromatic carbocycles. The lowest BCUT2D eigenvalue weighted by atomic mass is 10.0. The Hall–Kier alpha value is -1.59. The van der Waals surface area contributed by atoms with E-state index >= 15 is 0 Å². The fraction of sp³-hybridized carbons (Fsp3) is 0.429. The van der Waals surface area contributed by atoms with Gasteiger partial charge in [0.15, 0.2) is 0 Å². The fourth-order valence-electron chi connectivity index (χ4n) is 2.66. The summed E-state index contributed by atoms with van der Waals surface area (Å²) in [6.07, 6.45) is 1.51. The zero-order valence-electron chi connectivity index (χ0n) is 10.9. The summed E-state index contributed by atoms with van der Waals surface area (Å²) in [6.45, 7) is 0.776. The van der Waals surface area contributed by atoms with Gasteiger partial charge < -0.3 is 10.5 Å². The van der Waals surface area contributed by atoms with E-state index in [9.17, 15) is 9.59 Å². The topological polar surface area (TPSA) is 72.6 Å². The maximum absolute atomic E-state index is 12.0. The molecule has 2 N–H and O–H groups in total. The molecule has 0 bridgehead atoms. The molecular weight excluding hydrogens is 280 g/mol. The van der Waals surface area contributed by atoms with E-state index in [1.54, 1.807) is 6.07 Å². The average Bonchev–Trinajstić information content (AvgIpc) is 2.87. The van der Waals surface area contributed by atoms with Gasteiger partial charge in [-0.05, 0) is 24.1 Å². The molecule has 106 valence electrons. The molecule has 0 radical (unpaired) electrons. The van der Waals surface area contributed by atoms with E-state index in [-0.39, 0.29) is 18.4 Å². The van der Waals surface area contributed by atoms with Crippen LogP contribution in [0.5, 0.6) is 5.75 Å². The first-order valence-electron chi connectivity index (χ1n) is 6.60. The average molecular weight is 295 g/mol. The van der Waals surface area contributed by atoms with Gasteiger partial charge in [-0.15, -0.1) is 0 Å². The van der Waals surface area contributed by atoms with E-state index in [0.717, 1.165) is 23.3 Å². The zero-order valence-corrected chi connectivity index (χ0v) is 11.7. The van der Waals surface area contributed by atoms with E-state index in [1.165, 1.54) is 4.90 Å². The van der Waals surface area contributed by atoms with Crippen molar-refractivity contribution >= 4 is 23.4 Å². The van der Waals surface area contributed by atoms with Crippen LogP contribution in [0.2, 0.25) is 5.02 Å². The third kappa shape index (κ3) is 2.27. The highest BCUT2D eigenvalue weighted by molar-refractivity contribution is 6.30. The van der Waals surface area contributed by atoms with Gasteiger partial charge >= 0.3 is 0 Å². The third-order valence-corrected chi connectivity index (χ3v) is 3.93. The van der Waals surface area contributed by atoms with Crippen LogP contribution in [0.1, 0.15) is 24.0 Å². The van der Waals surface area contributed by atoms with Crippen molar-refractivity contribution in [2.45, 2.75) is 31.8 Å². The molecule has 20 heavy (non-hydrogen) atoms. The van der Waals surface area contributed by atoms with Crippen molar-refractivity contribution < 1.29 is 14.3 Å². The van der Waals surface area contributed by atoms with Crippen LogP contribution in [0.15, 0.2) is 12.1 Å². The van der Waals surface area contributed by atoms with Crippen molar-refractivity contribution in [3.05, 3.63) is 28.3 Å². The van der Waals surface area contributed by atoms with Gasteiger partial charge in [0, 0.05) is 23.4 Å². The molecule has 2 amide bonds. The minimum absolute atomic E-state index is 0.175. The number of ether oxygens (including phenoxy) is 1. The predicted octanol–water partition coefficient (Wildman–Crippen LogP) is 1.25. The first kappa shape index (κ1) is 13.4. The van der Waals surface area contributed by atoms with Crippen LogP contribution in [-0.2, 0) is 22.6 Å². The number of amides is 2. The van der Waals surface area contributed by atoms with Crippen LogP contribution >= 0.6 is 11.6 Å². The summed E-state index contributed by atoms with van der Waals surface area (Å²) in [5, 5.41) is 0.588. The Morgan fingerprint density at radius 1 is 1.35 bits per heavy atom. The second kappa shape index (κ2) is 5.07. The van der Waals surface area contributed by atoms with E-state index in [0.29, 0.717) is 24.5 Å². The van der Waals surface area contributed by atoms with E-state index < -0.39 is 6.04 Å². The lowest BCUT2D eigenvalue weighted by Gasteiger charge is -2.29. The molecular formula is C14H15ClN2O3. The molecule has 5 nitrogen and oxygen atoms in total. The molecule has 1 unspecified atom stereocenters. The van der Waals surface area contributed by atoms with Gasteiger partial charge in [-0.25, -0.2) is 0 Å². The maximum Gasteiger partial charge on any atom is 0.246 e. The number of likely N-dealkylation sites (tertiary alicyclic amines) is 1. The number of nitrogens with two attached hydrogens (primary N) is 1. The number of halogens is 1. The van der Waals surface area contributed by atoms with Crippen molar-refractivity contribution in [2.24, 2.45) is 5.73 Å². The normalized spacial score (nSPS) is 21.9. The molecule has 0 aromatic heterocycles. The Bertz CT molecular complexity index is 588. The highest BCUT2D eigenvalue weighted by Gasteiger charge is 2.33. The summed E-state index contributed by atoms with van der Waals surface area (Å²) in [5.74, 6) is 0.227. The standard InChI is InChI=1S/C14H15ClN2O3/c15-10-5-8-3-4-20-13(8)9(6-10)7-17-12(18)2-1-11(16)14(17)19/h5-6,11H,1-4,7,16H2. The number of benzene rings is 1. The molecule has 0 saturated carbocycles. The number of nitrogens with zero attached hydrogens (tertiary/aromatic N) is 1. The van der Waals surface area contributed by atoms with Gasteiger partial charge in [-0.3, -0.25) is 14.5 Å². The van der Waals surface area contributed by atoms with Crippen molar-refractivity contribution in [1.29, 1.82) is 0 Å². The third-order valence-electron chi connectivity index (χ3n) is 3.71. The summed E-state index contributed by atoms with van der Waals surface area (Å²) in [6, 6.07) is 3.01. The quantitative estimate of drug-likeness (QED) is 0.833. The Balaban J connectivity index is 1.91. The summed E-state index contributed by atoms with van der Waals surface area (Å²) in [7, 11) is 0. The molecule has 1 saturated heterocycles. The Labute approximate surface area is 121 Å². The second-order valence-electron chi connectivity index (χ2n) is 5.11. The largest absolute Gasteiger partial charge is 0.493 e. The lowest BCUT2D eigenvalue weighted by molar-refractivity contribution is -0.149. The molecule has 2 heterocycles. The van der Waals surface area contributed by atoms with Crippen molar-refractivity contribution in [2.75, 3.05) is 6.61 Å². The van der Waals surface area contributed by atoms with E-state index in [2.05, 4.69) is 0 Å². The summed E-state index contributed by atoms with van der Waals surface area (Å²) < 4.78 is 5.58. The van der Waals surface area contributed by atoms with Crippen LogP contribution in [0.25, 0.3) is 0 Å². The smallest absolute Gasteiger partial charge is 0.246 e. The highest BCUT2D eigenvalue weighted by Crippen LogP contribution is 2.34. The number of carbonyl (C=O) groups excluding carboxylic acids is 2. The molecule has 0 spiro atoms. The molecule has 6 heteroatoms. The molecule has 3 rings (SSSR count). The number of piperidine rings is 1. The molecule has 1 aromatic rings. The number of carbonyl (C=O) groups is 2. The van der Waals surface area contributed by atoms with Gasteiger partial charge in [0.2, 0.25) is 11.8 Å². The summed E-state index contributed by atoms with van der Waals surface area (Å²) in [4.78, 5) is 25.2. The molecule has 2 aliphatic heterocycles. The number of hydrogen-bond acceptors (Lipinski definition) is 4. The first-order valence-corrected chi connectivity index (χ1v) is 6.98. The van der Waals surface area contributed by atoms with Crippen LogP contribution in [0, 0.1) is 0 Å². The number of fused-ring (bicyclic) bond motifs is 1. The van der Waals surface area contributed by atoms with Gasteiger partial charge in [-0.1, -0.05) is 11.6 Å². The SMILES string of the molecule is NC1CCC(=O)N(Cc2cc(Cl)cc3c2OCC3)C1=O. The number of imide groups is 1.